The van der Waals surface area contributed by atoms with Crippen LogP contribution in [0.25, 0.3) is 0 Å². The minimum absolute atomic E-state index is 0.212. The number of rotatable bonds is 7. The number of hydrogen-bond acceptors (Lipinski definition) is 4. The topological polar surface area (TPSA) is 42.0 Å². The van der Waals surface area contributed by atoms with Gasteiger partial charge in [0.2, 0.25) is 5.91 Å². The summed E-state index contributed by atoms with van der Waals surface area (Å²) in [5.41, 5.74) is 0. The molecule has 0 spiro atoms. The molecule has 2 aliphatic carbocycles. The molecule has 3 unspecified atom stereocenters. The van der Waals surface area contributed by atoms with Crippen molar-refractivity contribution >= 4 is 27.5 Å². The van der Waals surface area contributed by atoms with Gasteiger partial charge in [-0.1, -0.05) is 29.0 Å². The third-order valence-electron chi connectivity index (χ3n) is 4.15. The molecule has 2 aliphatic rings. The molecule has 0 aromatic carbocycles. The van der Waals surface area contributed by atoms with Gasteiger partial charge in [0.15, 0.2) is 0 Å². The fourth-order valence-electron chi connectivity index (χ4n) is 3.17. The van der Waals surface area contributed by atoms with Gasteiger partial charge in [-0.3, -0.25) is 4.79 Å². The summed E-state index contributed by atoms with van der Waals surface area (Å²) in [7, 11) is 3.39. The molecule has 0 radical (unpaired) electrons. The summed E-state index contributed by atoms with van der Waals surface area (Å²) in [6, 6.07) is 5.90. The number of carbonyl (C=O) groups is 1. The predicted molar refractivity (Wildman–Crippen MR) is 89.0 cm³/mol. The van der Waals surface area contributed by atoms with Crippen LogP contribution in [0.1, 0.15) is 19.3 Å². The van der Waals surface area contributed by atoms with Gasteiger partial charge >= 0.3 is 0 Å². The van der Waals surface area contributed by atoms with Crippen LogP contribution in [0.15, 0.2) is 41.6 Å². The molecule has 1 amide bonds. The minimum atomic E-state index is 0.212. The van der Waals surface area contributed by atoms with Crippen molar-refractivity contribution in [2.75, 3.05) is 12.3 Å². The summed E-state index contributed by atoms with van der Waals surface area (Å²) in [5, 5.41) is 4.05. The molecular weight excluding hydrogens is 300 g/mol. The van der Waals surface area contributed by atoms with E-state index in [4.69, 9.17) is 0 Å². The smallest absolute Gasteiger partial charge is 0.220 e. The minimum Gasteiger partial charge on any atom is -0.355 e. The third kappa shape index (κ3) is 4.27. The van der Waals surface area contributed by atoms with E-state index in [1.165, 1.54) is 12.8 Å². The molecule has 2 bridgehead atoms. The highest BCUT2D eigenvalue weighted by molar-refractivity contribution is 8.76. The number of amides is 1. The summed E-state index contributed by atoms with van der Waals surface area (Å²) < 4.78 is 0. The van der Waals surface area contributed by atoms with Crippen molar-refractivity contribution < 1.29 is 4.79 Å². The first-order valence-electron chi connectivity index (χ1n) is 7.47. The van der Waals surface area contributed by atoms with Crippen LogP contribution in [0.4, 0.5) is 0 Å². The third-order valence-corrected chi connectivity index (χ3v) is 6.42. The first-order chi connectivity index (χ1) is 10.3. The zero-order chi connectivity index (χ0) is 14.5. The van der Waals surface area contributed by atoms with Crippen LogP contribution in [-0.4, -0.2) is 23.2 Å². The Kier molecular flexibility index (Phi) is 5.25. The summed E-state index contributed by atoms with van der Waals surface area (Å²) in [4.78, 5) is 16.2. The zero-order valence-electron chi connectivity index (χ0n) is 11.9. The van der Waals surface area contributed by atoms with E-state index >= 15 is 0 Å². The number of pyridine rings is 1. The number of nitrogens with zero attached hydrogens (tertiary/aromatic N) is 1. The molecule has 1 aromatic heterocycles. The zero-order valence-corrected chi connectivity index (χ0v) is 13.5. The first kappa shape index (κ1) is 15.0. The van der Waals surface area contributed by atoms with Gasteiger partial charge in [0.1, 0.15) is 5.03 Å². The molecule has 3 nitrogen and oxygen atoms in total. The maximum atomic E-state index is 11.9. The summed E-state index contributed by atoms with van der Waals surface area (Å²) in [5.74, 6) is 3.11. The molecule has 1 heterocycles. The van der Waals surface area contributed by atoms with E-state index in [0.29, 0.717) is 18.3 Å². The van der Waals surface area contributed by atoms with Crippen molar-refractivity contribution in [3.05, 3.63) is 36.5 Å². The van der Waals surface area contributed by atoms with Gasteiger partial charge in [-0.05, 0) is 53.5 Å². The van der Waals surface area contributed by atoms with Crippen molar-refractivity contribution in [3.8, 4) is 0 Å². The Labute approximate surface area is 133 Å². The highest BCUT2D eigenvalue weighted by Crippen LogP contribution is 2.44. The van der Waals surface area contributed by atoms with Gasteiger partial charge in [-0.25, -0.2) is 4.98 Å². The Balaban J connectivity index is 1.27. The molecule has 1 fully saturated rings. The van der Waals surface area contributed by atoms with Crippen LogP contribution >= 0.6 is 21.6 Å². The highest BCUT2D eigenvalue weighted by Gasteiger charge is 2.36. The first-order valence-corrected chi connectivity index (χ1v) is 9.78. The van der Waals surface area contributed by atoms with Crippen LogP contribution in [0, 0.1) is 17.8 Å². The fraction of sp³-hybridized carbons (Fsp3) is 0.500. The Morgan fingerprint density at radius 2 is 2.29 bits per heavy atom. The van der Waals surface area contributed by atoms with E-state index in [1.807, 2.05) is 18.2 Å². The van der Waals surface area contributed by atoms with Crippen molar-refractivity contribution in [1.82, 2.24) is 10.3 Å². The predicted octanol–water partition coefficient (Wildman–Crippen LogP) is 3.54. The van der Waals surface area contributed by atoms with Gasteiger partial charge in [0.05, 0.1) is 0 Å². The molecule has 3 rings (SSSR count). The molecule has 0 aliphatic heterocycles. The Morgan fingerprint density at radius 1 is 1.33 bits per heavy atom. The van der Waals surface area contributed by atoms with Gasteiger partial charge in [0, 0.05) is 24.9 Å². The number of hydrogen-bond donors (Lipinski definition) is 1. The lowest BCUT2D eigenvalue weighted by atomic mass is 9.90. The lowest BCUT2D eigenvalue weighted by Crippen LogP contribution is -2.28. The number of carbonyl (C=O) groups excluding carboxylic acids is 1. The van der Waals surface area contributed by atoms with E-state index < -0.39 is 0 Å². The van der Waals surface area contributed by atoms with Crippen molar-refractivity contribution in [2.45, 2.75) is 24.3 Å². The highest BCUT2D eigenvalue weighted by atomic mass is 33.1. The Bertz CT molecular complexity index is 506. The maximum Gasteiger partial charge on any atom is 0.220 e. The van der Waals surface area contributed by atoms with Gasteiger partial charge in [-0.2, -0.15) is 0 Å². The Hall–Kier alpha value is -0.940. The maximum absolute atomic E-state index is 11.9. The lowest BCUT2D eigenvalue weighted by Gasteiger charge is -2.17. The van der Waals surface area contributed by atoms with Crippen LogP contribution in [0.2, 0.25) is 0 Å². The summed E-state index contributed by atoms with van der Waals surface area (Å²) >= 11 is 0. The molecule has 1 aromatic rings. The van der Waals surface area contributed by atoms with Crippen LogP contribution in [0.5, 0.6) is 0 Å². The molecule has 5 heteroatoms. The Morgan fingerprint density at radius 3 is 3.00 bits per heavy atom. The van der Waals surface area contributed by atoms with Gasteiger partial charge < -0.3 is 5.32 Å². The second-order valence-corrected chi connectivity index (χ2v) is 8.10. The fourth-order valence-corrected chi connectivity index (χ4v) is 4.96. The summed E-state index contributed by atoms with van der Waals surface area (Å²) in [6.07, 6.45) is 9.61. The second-order valence-electron chi connectivity index (χ2n) is 5.67. The molecular formula is C16H20N2OS2. The van der Waals surface area contributed by atoms with Gasteiger partial charge in [-0.15, -0.1) is 0 Å². The molecule has 0 saturated heterocycles. The lowest BCUT2D eigenvalue weighted by molar-refractivity contribution is -0.122. The summed E-state index contributed by atoms with van der Waals surface area (Å²) in [6.45, 7) is 0.736. The second kappa shape index (κ2) is 7.36. The van der Waals surface area contributed by atoms with E-state index in [0.717, 1.165) is 23.2 Å². The molecule has 112 valence electrons. The molecule has 3 atom stereocenters. The largest absolute Gasteiger partial charge is 0.355 e. The number of allylic oxidation sites excluding steroid dienone is 2. The SMILES string of the molecule is O=C(CC1CC2C=CC1C2)NCCSSc1ccccn1. The van der Waals surface area contributed by atoms with Gasteiger partial charge in [0.25, 0.3) is 0 Å². The quantitative estimate of drug-likeness (QED) is 0.474. The van der Waals surface area contributed by atoms with Crippen molar-refractivity contribution in [1.29, 1.82) is 0 Å². The molecule has 1 saturated carbocycles. The van der Waals surface area contributed by atoms with E-state index in [-0.39, 0.29) is 5.91 Å². The van der Waals surface area contributed by atoms with Crippen LogP contribution in [0.3, 0.4) is 0 Å². The molecule has 1 N–H and O–H groups in total. The normalized spacial score (nSPS) is 26.2. The standard InChI is InChI=1S/C16H20N2OS2/c19-15(11-14-10-12-4-5-13(14)9-12)17-7-8-20-21-16-3-1-2-6-18-16/h1-6,12-14H,7-11H2,(H,17,19). The van der Waals surface area contributed by atoms with E-state index in [1.54, 1.807) is 27.8 Å². The van der Waals surface area contributed by atoms with Crippen molar-refractivity contribution in [2.24, 2.45) is 17.8 Å². The monoisotopic (exact) mass is 320 g/mol. The van der Waals surface area contributed by atoms with Crippen molar-refractivity contribution in [3.63, 3.8) is 0 Å². The average Bonchev–Trinajstić information content (AvgIpc) is 3.10. The van der Waals surface area contributed by atoms with Crippen LogP contribution < -0.4 is 5.32 Å². The molecule has 21 heavy (non-hydrogen) atoms. The number of nitrogens with one attached hydrogen (secondary N) is 1. The average molecular weight is 320 g/mol. The van der Waals surface area contributed by atoms with E-state index in [2.05, 4.69) is 22.5 Å². The van der Waals surface area contributed by atoms with E-state index in [9.17, 15) is 4.79 Å². The van der Waals surface area contributed by atoms with Crippen LogP contribution in [-0.2, 0) is 4.79 Å². The number of fused-ring (bicyclic) bond motifs is 2. The number of aromatic nitrogens is 1.